The van der Waals surface area contributed by atoms with Gasteiger partial charge in [0.2, 0.25) is 11.8 Å². The van der Waals surface area contributed by atoms with Crippen LogP contribution in [0.3, 0.4) is 0 Å². The maximum absolute atomic E-state index is 12.1. The first-order valence-electron chi connectivity index (χ1n) is 8.05. The number of anilines is 1. The molecular formula is C17H25BrClN3O2. The van der Waals surface area contributed by atoms with Crippen molar-refractivity contribution in [3.8, 4) is 0 Å². The summed E-state index contributed by atoms with van der Waals surface area (Å²) in [7, 11) is 0. The molecule has 0 bridgehead atoms. The topological polar surface area (TPSA) is 84.2 Å². The molecule has 1 aliphatic rings. The number of hydrogen-bond acceptors (Lipinski definition) is 3. The van der Waals surface area contributed by atoms with E-state index in [-0.39, 0.29) is 42.6 Å². The van der Waals surface area contributed by atoms with Gasteiger partial charge in [-0.3, -0.25) is 9.59 Å². The Bertz CT molecular complexity index is 583. The van der Waals surface area contributed by atoms with Gasteiger partial charge in [0.25, 0.3) is 0 Å². The second-order valence-corrected chi connectivity index (χ2v) is 7.09. The first kappa shape index (κ1) is 20.9. The third-order valence-electron chi connectivity index (χ3n) is 4.21. The van der Waals surface area contributed by atoms with E-state index in [1.165, 1.54) is 0 Å². The number of halogens is 2. The van der Waals surface area contributed by atoms with E-state index in [0.29, 0.717) is 6.54 Å². The molecule has 1 aromatic carbocycles. The maximum atomic E-state index is 12.1. The molecule has 0 aliphatic heterocycles. The van der Waals surface area contributed by atoms with E-state index in [1.54, 1.807) is 0 Å². The fraction of sp³-hybridized carbons (Fsp3) is 0.529. The summed E-state index contributed by atoms with van der Waals surface area (Å²) in [4.78, 5) is 24.1. The van der Waals surface area contributed by atoms with Crippen LogP contribution in [0, 0.1) is 12.8 Å². The Hall–Kier alpha value is -1.11. The summed E-state index contributed by atoms with van der Waals surface area (Å²) < 4.78 is 0.917. The zero-order chi connectivity index (χ0) is 16.8. The van der Waals surface area contributed by atoms with Gasteiger partial charge in [-0.2, -0.15) is 0 Å². The highest BCUT2D eigenvalue weighted by atomic mass is 79.9. The molecule has 1 aliphatic carbocycles. The van der Waals surface area contributed by atoms with Gasteiger partial charge in [0.05, 0.1) is 0 Å². The van der Waals surface area contributed by atoms with E-state index in [9.17, 15) is 9.59 Å². The van der Waals surface area contributed by atoms with Crippen molar-refractivity contribution in [2.24, 2.45) is 11.7 Å². The van der Waals surface area contributed by atoms with Gasteiger partial charge in [-0.15, -0.1) is 12.4 Å². The van der Waals surface area contributed by atoms with Crippen LogP contribution in [0.1, 0.15) is 37.7 Å². The Morgan fingerprint density at radius 1 is 1.33 bits per heavy atom. The van der Waals surface area contributed by atoms with Gasteiger partial charge in [-0.1, -0.05) is 28.4 Å². The first-order chi connectivity index (χ1) is 11.0. The summed E-state index contributed by atoms with van der Waals surface area (Å²) in [5.74, 6) is -0.0902. The van der Waals surface area contributed by atoms with Gasteiger partial charge in [0.1, 0.15) is 0 Å². The van der Waals surface area contributed by atoms with Crippen LogP contribution in [0.2, 0.25) is 0 Å². The lowest BCUT2D eigenvalue weighted by Crippen LogP contribution is -2.38. The molecule has 0 spiro atoms. The predicted octanol–water partition coefficient (Wildman–Crippen LogP) is 3.14. The molecule has 0 heterocycles. The number of benzene rings is 1. The fourth-order valence-electron chi connectivity index (χ4n) is 2.85. The Labute approximate surface area is 157 Å². The van der Waals surface area contributed by atoms with Crippen molar-refractivity contribution in [2.75, 3.05) is 11.9 Å². The summed E-state index contributed by atoms with van der Waals surface area (Å²) in [6.45, 7) is 2.29. The van der Waals surface area contributed by atoms with Crippen LogP contribution in [0.5, 0.6) is 0 Å². The Morgan fingerprint density at radius 2 is 2.08 bits per heavy atom. The lowest BCUT2D eigenvalue weighted by atomic mass is 9.85. The van der Waals surface area contributed by atoms with Crippen molar-refractivity contribution in [1.82, 2.24) is 5.32 Å². The second-order valence-electron chi connectivity index (χ2n) is 6.17. The van der Waals surface area contributed by atoms with Crippen LogP contribution in [-0.4, -0.2) is 24.4 Å². The number of amides is 2. The van der Waals surface area contributed by atoms with Crippen LogP contribution >= 0.6 is 28.3 Å². The highest BCUT2D eigenvalue weighted by molar-refractivity contribution is 9.10. The monoisotopic (exact) mass is 417 g/mol. The molecule has 2 amide bonds. The molecule has 4 N–H and O–H groups in total. The van der Waals surface area contributed by atoms with Crippen LogP contribution in [-0.2, 0) is 9.59 Å². The predicted molar refractivity (Wildman–Crippen MR) is 102 cm³/mol. The first-order valence-corrected chi connectivity index (χ1v) is 8.84. The molecular weight excluding hydrogens is 394 g/mol. The van der Waals surface area contributed by atoms with E-state index >= 15 is 0 Å². The normalized spacial score (nSPS) is 20.0. The zero-order valence-corrected chi connectivity index (χ0v) is 16.2. The molecule has 5 nitrogen and oxygen atoms in total. The molecule has 2 rings (SSSR count). The molecule has 2 atom stereocenters. The molecule has 0 aromatic heterocycles. The quantitative estimate of drug-likeness (QED) is 0.687. The minimum absolute atomic E-state index is 0. The molecule has 0 radical (unpaired) electrons. The van der Waals surface area contributed by atoms with Gasteiger partial charge in [0, 0.05) is 35.1 Å². The Balaban J connectivity index is 0.00000288. The van der Waals surface area contributed by atoms with Gasteiger partial charge >= 0.3 is 0 Å². The van der Waals surface area contributed by atoms with Crippen LogP contribution < -0.4 is 16.4 Å². The maximum Gasteiger partial charge on any atom is 0.226 e. The molecule has 1 saturated carbocycles. The van der Waals surface area contributed by atoms with E-state index in [2.05, 4.69) is 26.6 Å². The number of nitrogens with two attached hydrogens (primary N) is 1. The number of hydrogen-bond donors (Lipinski definition) is 3. The molecule has 0 saturated heterocycles. The summed E-state index contributed by atoms with van der Waals surface area (Å²) in [6, 6.07) is 5.87. The SMILES string of the molecule is Cc1ccc(Br)cc1NC(=O)CCNC(=O)C1CCCC(N)C1.Cl. The second kappa shape index (κ2) is 10.0. The summed E-state index contributed by atoms with van der Waals surface area (Å²) in [5.41, 5.74) is 7.69. The van der Waals surface area contributed by atoms with Gasteiger partial charge in [-0.25, -0.2) is 0 Å². The number of aryl methyl sites for hydroxylation is 1. The van der Waals surface area contributed by atoms with Crippen molar-refractivity contribution in [2.45, 2.75) is 45.1 Å². The molecule has 1 fully saturated rings. The Kier molecular flexibility index (Phi) is 8.73. The van der Waals surface area contributed by atoms with Crippen molar-refractivity contribution in [3.05, 3.63) is 28.2 Å². The highest BCUT2D eigenvalue weighted by Gasteiger charge is 2.25. The van der Waals surface area contributed by atoms with Gasteiger partial charge in [-0.05, 0) is 43.9 Å². The van der Waals surface area contributed by atoms with Crippen LogP contribution in [0.4, 0.5) is 5.69 Å². The average molecular weight is 419 g/mol. The standard InChI is InChI=1S/C17H24BrN3O2.ClH/c1-11-5-6-13(18)10-15(11)21-16(22)7-8-20-17(23)12-3-2-4-14(19)9-12;/h5-6,10,12,14H,2-4,7-9,19H2,1H3,(H,20,23)(H,21,22);1H. The summed E-state index contributed by atoms with van der Waals surface area (Å²) in [6.07, 6.45) is 3.90. The number of carbonyl (C=O) groups excluding carboxylic acids is 2. The largest absolute Gasteiger partial charge is 0.355 e. The van der Waals surface area contributed by atoms with Crippen LogP contribution in [0.15, 0.2) is 22.7 Å². The lowest BCUT2D eigenvalue weighted by Gasteiger charge is -2.25. The smallest absolute Gasteiger partial charge is 0.226 e. The van der Waals surface area contributed by atoms with E-state index in [0.717, 1.165) is 41.4 Å². The number of rotatable bonds is 5. The minimum Gasteiger partial charge on any atom is -0.355 e. The number of nitrogens with one attached hydrogen (secondary N) is 2. The van der Waals surface area contributed by atoms with Gasteiger partial charge < -0.3 is 16.4 Å². The molecule has 1 aromatic rings. The van der Waals surface area contributed by atoms with Gasteiger partial charge in [0.15, 0.2) is 0 Å². The van der Waals surface area contributed by atoms with Crippen molar-refractivity contribution < 1.29 is 9.59 Å². The average Bonchev–Trinajstić information content (AvgIpc) is 2.51. The summed E-state index contributed by atoms with van der Waals surface area (Å²) >= 11 is 3.39. The highest BCUT2D eigenvalue weighted by Crippen LogP contribution is 2.23. The number of carbonyl (C=O) groups is 2. The summed E-state index contributed by atoms with van der Waals surface area (Å²) in [5, 5.41) is 5.72. The van der Waals surface area contributed by atoms with E-state index in [1.807, 2.05) is 25.1 Å². The molecule has 2 unspecified atom stereocenters. The molecule has 134 valence electrons. The Morgan fingerprint density at radius 3 is 2.79 bits per heavy atom. The third kappa shape index (κ3) is 6.42. The van der Waals surface area contributed by atoms with Crippen molar-refractivity contribution in [1.29, 1.82) is 0 Å². The zero-order valence-electron chi connectivity index (χ0n) is 13.8. The van der Waals surface area contributed by atoms with Crippen molar-refractivity contribution in [3.63, 3.8) is 0 Å². The van der Waals surface area contributed by atoms with Crippen LogP contribution in [0.25, 0.3) is 0 Å². The third-order valence-corrected chi connectivity index (χ3v) is 4.70. The molecule has 24 heavy (non-hydrogen) atoms. The van der Waals surface area contributed by atoms with E-state index < -0.39 is 0 Å². The lowest BCUT2D eigenvalue weighted by molar-refractivity contribution is -0.126. The van der Waals surface area contributed by atoms with Crippen molar-refractivity contribution >= 4 is 45.8 Å². The minimum atomic E-state index is -0.105. The molecule has 7 heteroatoms. The fourth-order valence-corrected chi connectivity index (χ4v) is 3.21. The van der Waals surface area contributed by atoms with E-state index in [4.69, 9.17) is 5.73 Å².